The number of halogens is 1. The summed E-state index contributed by atoms with van der Waals surface area (Å²) in [6, 6.07) is 10.2. The van der Waals surface area contributed by atoms with E-state index in [-0.39, 0.29) is 11.6 Å². The summed E-state index contributed by atoms with van der Waals surface area (Å²) in [6.45, 7) is 1.31. The third-order valence-corrected chi connectivity index (χ3v) is 4.47. The zero-order valence-corrected chi connectivity index (χ0v) is 13.6. The summed E-state index contributed by atoms with van der Waals surface area (Å²) in [5, 5.41) is 7.61. The average Bonchev–Trinajstić information content (AvgIpc) is 3.09. The zero-order valence-electron chi connectivity index (χ0n) is 13.6. The third-order valence-electron chi connectivity index (χ3n) is 4.47. The maximum atomic E-state index is 13.3. The van der Waals surface area contributed by atoms with E-state index in [0.29, 0.717) is 25.9 Å². The Bertz CT molecular complexity index is 880. The molecule has 1 aliphatic heterocycles. The van der Waals surface area contributed by atoms with Crippen molar-refractivity contribution in [2.75, 3.05) is 18.0 Å². The van der Waals surface area contributed by atoms with Crippen molar-refractivity contribution in [3.63, 3.8) is 0 Å². The van der Waals surface area contributed by atoms with Crippen LogP contribution in [0.2, 0.25) is 0 Å². The van der Waals surface area contributed by atoms with Crippen LogP contribution in [0.5, 0.6) is 0 Å². The van der Waals surface area contributed by atoms with Gasteiger partial charge in [-0.25, -0.2) is 4.39 Å². The van der Waals surface area contributed by atoms with E-state index in [2.05, 4.69) is 20.1 Å². The fourth-order valence-corrected chi connectivity index (χ4v) is 3.15. The topological polar surface area (TPSA) is 61.9 Å². The fourth-order valence-electron chi connectivity index (χ4n) is 3.15. The van der Waals surface area contributed by atoms with Gasteiger partial charge in [-0.15, -0.1) is 0 Å². The van der Waals surface area contributed by atoms with Gasteiger partial charge in [0.05, 0.1) is 11.3 Å². The van der Waals surface area contributed by atoms with Gasteiger partial charge >= 0.3 is 0 Å². The molecule has 4 rings (SSSR count). The number of Topliss-reactive ketones (excluding diaryl/α,β-unsaturated/α-hetero) is 1. The Labute approximate surface area is 144 Å². The highest BCUT2D eigenvalue weighted by Crippen LogP contribution is 2.38. The molecule has 0 bridgehead atoms. The Morgan fingerprint density at radius 1 is 0.960 bits per heavy atom. The molecule has 3 aromatic rings. The number of carbonyl (C=O) groups is 1. The number of pyridine rings is 1. The molecule has 126 valence electrons. The number of piperidine rings is 1. The standard InChI is InChI=1S/C19H17FN4O/c20-15-3-1-14(2-4-15)18-17(13-5-9-21-10-6-13)19(23-22-18)24-11-7-16(25)8-12-24/h1-6,9-10H,7-8,11-12H2,(H,22,23). The number of benzene rings is 1. The molecule has 25 heavy (non-hydrogen) atoms. The van der Waals surface area contributed by atoms with Gasteiger partial charge in [-0.1, -0.05) is 0 Å². The van der Waals surface area contributed by atoms with E-state index >= 15 is 0 Å². The summed E-state index contributed by atoms with van der Waals surface area (Å²) in [7, 11) is 0. The average molecular weight is 336 g/mol. The van der Waals surface area contributed by atoms with Gasteiger partial charge in [-0.3, -0.25) is 14.9 Å². The summed E-state index contributed by atoms with van der Waals surface area (Å²) in [5.74, 6) is 0.831. The molecule has 6 heteroatoms. The first kappa shape index (κ1) is 15.5. The van der Waals surface area contributed by atoms with Crippen LogP contribution in [0.3, 0.4) is 0 Å². The normalized spacial score (nSPS) is 14.8. The molecular formula is C19H17FN4O. The number of nitrogens with one attached hydrogen (secondary N) is 1. The van der Waals surface area contributed by atoms with Crippen LogP contribution in [0.4, 0.5) is 10.2 Å². The fraction of sp³-hybridized carbons (Fsp3) is 0.211. The Balaban J connectivity index is 1.82. The van der Waals surface area contributed by atoms with Crippen LogP contribution in [0.15, 0.2) is 48.8 Å². The zero-order chi connectivity index (χ0) is 17.2. The molecule has 0 spiro atoms. The highest BCUT2D eigenvalue weighted by molar-refractivity contribution is 5.90. The lowest BCUT2D eigenvalue weighted by Crippen LogP contribution is -2.34. The summed E-state index contributed by atoms with van der Waals surface area (Å²) in [6.07, 6.45) is 4.55. The van der Waals surface area contributed by atoms with Crippen LogP contribution in [0.1, 0.15) is 12.8 Å². The predicted octanol–water partition coefficient (Wildman–Crippen LogP) is 3.45. The van der Waals surface area contributed by atoms with Gasteiger partial charge in [-0.2, -0.15) is 5.10 Å². The quantitative estimate of drug-likeness (QED) is 0.796. The van der Waals surface area contributed by atoms with Crippen LogP contribution in [-0.2, 0) is 4.79 Å². The van der Waals surface area contributed by atoms with Gasteiger partial charge in [0.2, 0.25) is 0 Å². The lowest BCUT2D eigenvalue weighted by atomic mass is 10.0. The van der Waals surface area contributed by atoms with E-state index < -0.39 is 0 Å². The molecule has 0 saturated carbocycles. The second kappa shape index (κ2) is 6.47. The third kappa shape index (κ3) is 3.03. The monoisotopic (exact) mass is 336 g/mol. The van der Waals surface area contributed by atoms with Crippen LogP contribution < -0.4 is 4.90 Å². The number of nitrogens with zero attached hydrogens (tertiary/aromatic N) is 3. The number of aromatic amines is 1. The number of H-pyrrole nitrogens is 1. The lowest BCUT2D eigenvalue weighted by Gasteiger charge is -2.27. The molecule has 1 aliphatic rings. The summed E-state index contributed by atoms with van der Waals surface area (Å²) >= 11 is 0. The smallest absolute Gasteiger partial charge is 0.158 e. The van der Waals surface area contributed by atoms with Gasteiger partial charge in [0.25, 0.3) is 0 Å². The van der Waals surface area contributed by atoms with Crippen molar-refractivity contribution in [2.24, 2.45) is 0 Å². The maximum Gasteiger partial charge on any atom is 0.158 e. The highest BCUT2D eigenvalue weighted by Gasteiger charge is 2.24. The number of hydrogen-bond donors (Lipinski definition) is 1. The Morgan fingerprint density at radius 2 is 1.64 bits per heavy atom. The summed E-state index contributed by atoms with van der Waals surface area (Å²) < 4.78 is 13.3. The van der Waals surface area contributed by atoms with E-state index in [1.54, 1.807) is 24.5 Å². The Morgan fingerprint density at radius 3 is 2.32 bits per heavy atom. The molecular weight excluding hydrogens is 319 g/mol. The van der Waals surface area contributed by atoms with Crippen molar-refractivity contribution in [1.29, 1.82) is 0 Å². The molecule has 5 nitrogen and oxygen atoms in total. The van der Waals surface area contributed by atoms with Crippen molar-refractivity contribution in [2.45, 2.75) is 12.8 Å². The number of rotatable bonds is 3. The van der Waals surface area contributed by atoms with Crippen LogP contribution in [-0.4, -0.2) is 34.1 Å². The van der Waals surface area contributed by atoms with Crippen molar-refractivity contribution in [3.05, 3.63) is 54.6 Å². The molecule has 3 heterocycles. The van der Waals surface area contributed by atoms with E-state index in [0.717, 1.165) is 28.2 Å². The second-order valence-electron chi connectivity index (χ2n) is 6.07. The molecule has 0 unspecified atom stereocenters. The van der Waals surface area contributed by atoms with E-state index in [9.17, 15) is 9.18 Å². The number of carbonyl (C=O) groups excluding carboxylic acids is 1. The molecule has 0 aliphatic carbocycles. The minimum atomic E-state index is -0.275. The van der Waals surface area contributed by atoms with Gasteiger partial charge in [0.15, 0.2) is 5.82 Å². The summed E-state index contributed by atoms with van der Waals surface area (Å²) in [5.41, 5.74) is 3.62. The van der Waals surface area contributed by atoms with Gasteiger partial charge in [-0.05, 0) is 42.0 Å². The minimum absolute atomic E-state index is 0.275. The number of ketones is 1. The highest BCUT2D eigenvalue weighted by atomic mass is 19.1. The van der Waals surface area contributed by atoms with E-state index in [4.69, 9.17) is 0 Å². The SMILES string of the molecule is O=C1CCN(c2n[nH]c(-c3ccc(F)cc3)c2-c2ccncc2)CC1. The van der Waals surface area contributed by atoms with Crippen molar-refractivity contribution in [3.8, 4) is 22.4 Å². The number of hydrogen-bond acceptors (Lipinski definition) is 4. The van der Waals surface area contributed by atoms with Gasteiger partial charge < -0.3 is 4.90 Å². The molecule has 1 fully saturated rings. The maximum absolute atomic E-state index is 13.3. The number of anilines is 1. The first-order chi connectivity index (χ1) is 12.2. The van der Waals surface area contributed by atoms with E-state index in [1.807, 2.05) is 12.1 Å². The van der Waals surface area contributed by atoms with Crippen LogP contribution in [0.25, 0.3) is 22.4 Å². The molecule has 1 saturated heterocycles. The lowest BCUT2D eigenvalue weighted by molar-refractivity contribution is -0.119. The molecule has 1 N–H and O–H groups in total. The first-order valence-electron chi connectivity index (χ1n) is 8.24. The Kier molecular flexibility index (Phi) is 4.01. The van der Waals surface area contributed by atoms with Crippen molar-refractivity contribution < 1.29 is 9.18 Å². The molecule has 2 aromatic heterocycles. The first-order valence-corrected chi connectivity index (χ1v) is 8.24. The number of aromatic nitrogens is 3. The van der Waals surface area contributed by atoms with Crippen molar-refractivity contribution in [1.82, 2.24) is 15.2 Å². The van der Waals surface area contributed by atoms with Crippen LogP contribution in [0, 0.1) is 5.82 Å². The van der Waals surface area contributed by atoms with Gasteiger partial charge in [0, 0.05) is 43.9 Å². The molecule has 0 atom stereocenters. The molecule has 0 radical (unpaired) electrons. The van der Waals surface area contributed by atoms with Crippen molar-refractivity contribution >= 4 is 11.6 Å². The summed E-state index contributed by atoms with van der Waals surface area (Å²) in [4.78, 5) is 17.8. The van der Waals surface area contributed by atoms with Crippen LogP contribution >= 0.6 is 0 Å². The predicted molar refractivity (Wildman–Crippen MR) is 93.7 cm³/mol. The Hall–Kier alpha value is -3.02. The minimum Gasteiger partial charge on any atom is -0.354 e. The second-order valence-corrected chi connectivity index (χ2v) is 6.07. The molecule has 0 amide bonds. The molecule has 1 aromatic carbocycles. The van der Waals surface area contributed by atoms with E-state index in [1.165, 1.54) is 12.1 Å². The van der Waals surface area contributed by atoms with Gasteiger partial charge in [0.1, 0.15) is 11.6 Å². The largest absolute Gasteiger partial charge is 0.354 e.